The molecule has 0 bridgehead atoms. The van der Waals surface area contributed by atoms with E-state index in [9.17, 15) is 0 Å². The van der Waals surface area contributed by atoms with Crippen LogP contribution in [0, 0.1) is 0 Å². The molecule has 1 nitrogen and oxygen atoms in total. The number of halogens is 1. The predicted molar refractivity (Wildman–Crippen MR) is 22.2 cm³/mol. The number of rotatable bonds is 0. The van der Waals surface area contributed by atoms with Gasteiger partial charge in [-0.2, -0.15) is 0 Å². The number of allylic oxidation sites excluding steroid dienone is 2. The molecular weight excluding hydrogens is 189 g/mol. The molecule has 0 aliphatic carbocycles. The fraction of sp³-hybridized carbons (Fsp3) is 0.250. The molecule has 2 heteroatoms. The molecule has 6 heavy (non-hydrogen) atoms. The molecule has 0 saturated carbocycles. The molecule has 0 aromatic carbocycles. The zero-order valence-corrected chi connectivity index (χ0v) is 5.64. The zero-order chi connectivity index (χ0) is 4.41. The summed E-state index contributed by atoms with van der Waals surface area (Å²) in [5.74, 6) is 0. The Morgan fingerprint density at radius 2 is 2.67 bits per heavy atom. The molecule has 1 aliphatic heterocycles. The third kappa shape index (κ3) is 0.801. The second-order valence-corrected chi connectivity index (χ2v) is 3.83. The standard InChI is InChI=1S/C4H5IN/c1-4-2-3-6-5-4/h2-3H,1H3/q-1. The predicted octanol–water partition coefficient (Wildman–Crippen LogP) is -2.02. The molecule has 0 N–H and O–H groups in total. The Morgan fingerprint density at radius 3 is 2.83 bits per heavy atom. The van der Waals surface area contributed by atoms with Gasteiger partial charge >= 0.3 is 47.5 Å². The van der Waals surface area contributed by atoms with Crippen molar-refractivity contribution in [3.63, 3.8) is 0 Å². The maximum atomic E-state index is 4.06. The molecule has 1 aliphatic rings. The topological polar surface area (TPSA) is 12.4 Å². The molecule has 1 heterocycles. The fourth-order valence-electron chi connectivity index (χ4n) is 0.264. The molecule has 0 unspecified atom stereocenters. The normalized spacial score (nSPS) is 19.8. The van der Waals surface area contributed by atoms with Gasteiger partial charge in [0, 0.05) is 0 Å². The number of hydrogen-bond acceptors (Lipinski definition) is 1. The first-order valence-electron chi connectivity index (χ1n) is 1.74. The van der Waals surface area contributed by atoms with Crippen LogP contribution in [0.15, 0.2) is 12.9 Å². The van der Waals surface area contributed by atoms with Crippen molar-refractivity contribution in [2.75, 3.05) is 0 Å². The van der Waals surface area contributed by atoms with E-state index >= 15 is 0 Å². The van der Waals surface area contributed by atoms with Gasteiger partial charge in [-0.3, -0.25) is 0 Å². The Bertz CT molecular complexity index is 104. The van der Waals surface area contributed by atoms with E-state index in [2.05, 4.69) is 16.2 Å². The average Bonchev–Trinajstić information content (AvgIpc) is 1.86. The summed E-state index contributed by atoms with van der Waals surface area (Å²) in [7, 11) is 0. The van der Waals surface area contributed by atoms with Crippen LogP contribution < -0.4 is 21.5 Å². The summed E-state index contributed by atoms with van der Waals surface area (Å²) in [5, 5.41) is 0. The molecule has 0 saturated heterocycles. The van der Waals surface area contributed by atoms with Crippen molar-refractivity contribution >= 4 is 6.21 Å². The average molecular weight is 194 g/mol. The molecule has 0 aromatic rings. The van der Waals surface area contributed by atoms with Crippen molar-refractivity contribution in [1.29, 1.82) is 0 Å². The summed E-state index contributed by atoms with van der Waals surface area (Å²) in [5.41, 5.74) is 0. The van der Waals surface area contributed by atoms with E-state index in [4.69, 9.17) is 0 Å². The van der Waals surface area contributed by atoms with E-state index in [1.807, 2.05) is 6.21 Å². The Labute approximate surface area is 47.8 Å². The van der Waals surface area contributed by atoms with Crippen molar-refractivity contribution in [1.82, 2.24) is 0 Å². The van der Waals surface area contributed by atoms with Gasteiger partial charge in [0.25, 0.3) is 0 Å². The van der Waals surface area contributed by atoms with Gasteiger partial charge in [0.05, 0.1) is 0 Å². The first-order valence-corrected chi connectivity index (χ1v) is 3.78. The minimum absolute atomic E-state index is 0.110. The van der Waals surface area contributed by atoms with Crippen molar-refractivity contribution < 1.29 is 21.5 Å². The Kier molecular flexibility index (Phi) is 1.24. The summed E-state index contributed by atoms with van der Waals surface area (Å²) < 4.78 is 5.52. The molecule has 0 atom stereocenters. The molecular formula is C4H5IN-. The quantitative estimate of drug-likeness (QED) is 0.395. The van der Waals surface area contributed by atoms with Gasteiger partial charge in [-0.25, -0.2) is 0 Å². The van der Waals surface area contributed by atoms with Crippen molar-refractivity contribution in [2.24, 2.45) is 3.21 Å². The van der Waals surface area contributed by atoms with Crippen LogP contribution in [0.5, 0.6) is 0 Å². The van der Waals surface area contributed by atoms with E-state index in [0.717, 1.165) is 0 Å². The van der Waals surface area contributed by atoms with Crippen LogP contribution in [-0.4, -0.2) is 6.21 Å². The van der Waals surface area contributed by atoms with E-state index in [1.165, 1.54) is 3.58 Å². The third-order valence-electron chi connectivity index (χ3n) is 0.543. The zero-order valence-electron chi connectivity index (χ0n) is 3.48. The molecule has 1 rings (SSSR count). The molecule has 0 aromatic heterocycles. The summed E-state index contributed by atoms with van der Waals surface area (Å²) in [4.78, 5) is 0. The number of hydrogen-bond donors (Lipinski definition) is 0. The van der Waals surface area contributed by atoms with Gasteiger partial charge in [0.15, 0.2) is 0 Å². The number of nitrogens with zero attached hydrogens (tertiary/aromatic N) is 1. The van der Waals surface area contributed by atoms with Crippen molar-refractivity contribution in [2.45, 2.75) is 6.92 Å². The van der Waals surface area contributed by atoms with Gasteiger partial charge in [0.2, 0.25) is 0 Å². The van der Waals surface area contributed by atoms with Gasteiger partial charge in [-0.05, 0) is 0 Å². The van der Waals surface area contributed by atoms with Crippen LogP contribution in [0.4, 0.5) is 0 Å². The second kappa shape index (κ2) is 1.73. The summed E-state index contributed by atoms with van der Waals surface area (Å²) in [6.45, 7) is 2.13. The summed E-state index contributed by atoms with van der Waals surface area (Å²) >= 11 is 0.110. The Hall–Kier alpha value is 0.140. The van der Waals surface area contributed by atoms with Gasteiger partial charge < -0.3 is 0 Å². The molecule has 0 fully saturated rings. The summed E-state index contributed by atoms with van der Waals surface area (Å²) in [6.07, 6.45) is 3.97. The summed E-state index contributed by atoms with van der Waals surface area (Å²) in [6, 6.07) is 0. The maximum absolute atomic E-state index is 4.06. The molecule has 0 amide bonds. The van der Waals surface area contributed by atoms with Gasteiger partial charge in [-0.1, -0.05) is 0 Å². The Morgan fingerprint density at radius 1 is 1.83 bits per heavy atom. The molecule has 34 valence electrons. The monoisotopic (exact) mass is 194 g/mol. The van der Waals surface area contributed by atoms with E-state index in [0.29, 0.717) is 0 Å². The van der Waals surface area contributed by atoms with Crippen LogP contribution >= 0.6 is 0 Å². The van der Waals surface area contributed by atoms with E-state index in [1.54, 1.807) is 0 Å². The van der Waals surface area contributed by atoms with E-state index < -0.39 is 0 Å². The van der Waals surface area contributed by atoms with Crippen LogP contribution in [0.1, 0.15) is 6.92 Å². The fourth-order valence-corrected chi connectivity index (χ4v) is 1.35. The van der Waals surface area contributed by atoms with Crippen molar-refractivity contribution in [3.05, 3.63) is 9.66 Å². The van der Waals surface area contributed by atoms with Crippen LogP contribution in [0.3, 0.4) is 0 Å². The second-order valence-electron chi connectivity index (χ2n) is 1.08. The SMILES string of the molecule is CC1=CC=N[I-]1. The first-order chi connectivity index (χ1) is 2.89. The molecule has 0 radical (unpaired) electrons. The van der Waals surface area contributed by atoms with E-state index in [-0.39, 0.29) is 21.5 Å². The minimum atomic E-state index is 0.110. The van der Waals surface area contributed by atoms with Gasteiger partial charge in [-0.15, -0.1) is 0 Å². The first kappa shape index (κ1) is 4.30. The van der Waals surface area contributed by atoms with Gasteiger partial charge in [0.1, 0.15) is 0 Å². The van der Waals surface area contributed by atoms with Crippen LogP contribution in [0.25, 0.3) is 0 Å². The molecule has 0 spiro atoms. The van der Waals surface area contributed by atoms with Crippen LogP contribution in [0.2, 0.25) is 0 Å². The van der Waals surface area contributed by atoms with Crippen LogP contribution in [-0.2, 0) is 0 Å². The Balaban J connectivity index is 2.61. The third-order valence-corrected chi connectivity index (χ3v) is 2.26. The van der Waals surface area contributed by atoms with Crippen molar-refractivity contribution in [3.8, 4) is 0 Å².